The van der Waals surface area contributed by atoms with Crippen molar-refractivity contribution >= 4 is 12.0 Å². The molecule has 8 heteroatoms. The third kappa shape index (κ3) is 4.69. The van der Waals surface area contributed by atoms with Crippen LogP contribution in [0.2, 0.25) is 0 Å². The molecular weight excluding hydrogens is 382 g/mol. The van der Waals surface area contributed by atoms with Crippen molar-refractivity contribution in [2.24, 2.45) is 11.3 Å². The van der Waals surface area contributed by atoms with Gasteiger partial charge in [0.05, 0.1) is 18.1 Å². The Morgan fingerprint density at radius 3 is 2.76 bits per heavy atom. The van der Waals surface area contributed by atoms with Crippen LogP contribution in [0.4, 0.5) is 13.6 Å². The van der Waals surface area contributed by atoms with Crippen LogP contribution in [0, 0.1) is 11.3 Å². The van der Waals surface area contributed by atoms with E-state index in [0.29, 0.717) is 25.1 Å². The summed E-state index contributed by atoms with van der Waals surface area (Å²) in [6.45, 7) is 5.90. The number of ether oxygens (including phenoxy) is 2. The molecule has 2 N–H and O–H groups in total. The van der Waals surface area contributed by atoms with Gasteiger partial charge >= 0.3 is 6.09 Å². The van der Waals surface area contributed by atoms with Crippen molar-refractivity contribution in [2.45, 2.75) is 64.7 Å². The zero-order valence-corrected chi connectivity index (χ0v) is 17.0. The van der Waals surface area contributed by atoms with Crippen LogP contribution in [-0.4, -0.2) is 36.9 Å². The highest BCUT2D eigenvalue weighted by Crippen LogP contribution is 2.43. The van der Waals surface area contributed by atoms with Gasteiger partial charge in [0.2, 0.25) is 5.91 Å². The topological polar surface area (TPSA) is 76.7 Å². The number of rotatable bonds is 4. The summed E-state index contributed by atoms with van der Waals surface area (Å²) < 4.78 is 37.9. The van der Waals surface area contributed by atoms with E-state index in [4.69, 9.17) is 9.47 Å². The number of nitrogens with one attached hydrogen (secondary N) is 2. The molecule has 1 aliphatic heterocycles. The van der Waals surface area contributed by atoms with Gasteiger partial charge in [-0.2, -0.15) is 0 Å². The summed E-state index contributed by atoms with van der Waals surface area (Å²) in [5.41, 5.74) is -0.233. The molecule has 0 radical (unpaired) electrons. The summed E-state index contributed by atoms with van der Waals surface area (Å²) in [5, 5.41) is 5.64. The fraction of sp³-hybridized carbons (Fsp3) is 0.619. The van der Waals surface area contributed by atoms with Crippen LogP contribution in [0.1, 0.15) is 46.5 Å². The van der Waals surface area contributed by atoms with Crippen LogP contribution in [0.15, 0.2) is 35.6 Å². The van der Waals surface area contributed by atoms with E-state index in [0.717, 1.165) is 6.08 Å². The van der Waals surface area contributed by atoms with E-state index in [1.807, 2.05) is 19.1 Å². The maximum absolute atomic E-state index is 13.5. The Morgan fingerprint density at radius 2 is 2.07 bits per heavy atom. The normalized spacial score (nSPS) is 31.8. The molecule has 160 valence electrons. The first-order chi connectivity index (χ1) is 13.7. The predicted octanol–water partition coefficient (Wildman–Crippen LogP) is 3.81. The molecule has 6 nitrogen and oxygen atoms in total. The maximum Gasteiger partial charge on any atom is 0.407 e. The molecule has 3 aliphatic rings. The Kier molecular flexibility index (Phi) is 6.41. The predicted molar refractivity (Wildman–Crippen MR) is 103 cm³/mol. The van der Waals surface area contributed by atoms with Gasteiger partial charge in [-0.15, -0.1) is 0 Å². The van der Waals surface area contributed by atoms with Crippen molar-refractivity contribution in [3.8, 4) is 0 Å². The molecule has 29 heavy (non-hydrogen) atoms. The lowest BCUT2D eigenvalue weighted by Gasteiger charge is -2.49. The van der Waals surface area contributed by atoms with E-state index in [1.165, 1.54) is 0 Å². The van der Waals surface area contributed by atoms with Gasteiger partial charge in [0.15, 0.2) is 5.83 Å². The second-order valence-electron chi connectivity index (χ2n) is 8.25. The minimum Gasteiger partial charge on any atom is -0.447 e. The molecule has 2 amide bonds. The fourth-order valence-corrected chi connectivity index (χ4v) is 4.23. The summed E-state index contributed by atoms with van der Waals surface area (Å²) in [6.07, 6.45) is 4.98. The van der Waals surface area contributed by atoms with E-state index >= 15 is 0 Å². The van der Waals surface area contributed by atoms with Crippen LogP contribution in [-0.2, 0) is 14.3 Å². The van der Waals surface area contributed by atoms with Crippen molar-refractivity contribution in [1.29, 1.82) is 0 Å². The van der Waals surface area contributed by atoms with Crippen LogP contribution in [0.3, 0.4) is 0 Å². The van der Waals surface area contributed by atoms with Crippen molar-refractivity contribution in [2.75, 3.05) is 6.61 Å². The first-order valence-electron chi connectivity index (χ1n) is 10.0. The molecule has 2 aliphatic carbocycles. The van der Waals surface area contributed by atoms with Gasteiger partial charge in [-0.1, -0.05) is 19.1 Å². The number of carbonyl (C=O) groups excluding carboxylic acids is 2. The average Bonchev–Trinajstić information content (AvgIpc) is 2.64. The number of fused-ring (bicyclic) bond motifs is 1. The van der Waals surface area contributed by atoms with E-state index in [9.17, 15) is 18.4 Å². The molecular formula is C21H28F2N2O4. The summed E-state index contributed by atoms with van der Waals surface area (Å²) in [6, 6.07) is -0.247. The standard InChI is InChI=1S/C21H28F2N2O4/c1-12(2)29-20(27)25-17-8-10-28-18-14(5-4-9-21(17,18)3)19(26)24-13-6-7-15(22)16(23)11-13/h4,9,11-12,14,17-18H,5-8,10H2,1-3H3,(H,24,26)(H,25,27)/t14-,17?,18?,21+/m0/s1. The molecule has 3 rings (SSSR count). The minimum absolute atomic E-state index is 0.0654. The van der Waals surface area contributed by atoms with Crippen molar-refractivity contribution < 1.29 is 27.8 Å². The number of hydrogen-bond acceptors (Lipinski definition) is 4. The molecule has 0 spiro atoms. The Labute approximate surface area is 169 Å². The maximum atomic E-state index is 13.5. The van der Waals surface area contributed by atoms with Gasteiger partial charge < -0.3 is 20.1 Å². The Balaban J connectivity index is 1.73. The van der Waals surface area contributed by atoms with Crippen LogP contribution < -0.4 is 10.6 Å². The smallest absolute Gasteiger partial charge is 0.407 e. The lowest BCUT2D eigenvalue weighted by atomic mass is 9.66. The van der Waals surface area contributed by atoms with Crippen molar-refractivity contribution in [3.05, 3.63) is 35.6 Å². The Bertz CT molecular complexity index is 762. The van der Waals surface area contributed by atoms with Gasteiger partial charge in [0, 0.05) is 30.2 Å². The number of halogens is 2. The highest BCUT2D eigenvalue weighted by atomic mass is 19.2. The summed E-state index contributed by atoms with van der Waals surface area (Å²) in [4.78, 5) is 25.0. The molecule has 0 bridgehead atoms. The zero-order chi connectivity index (χ0) is 21.2. The van der Waals surface area contributed by atoms with Gasteiger partial charge in [-0.3, -0.25) is 4.79 Å². The largest absolute Gasteiger partial charge is 0.447 e. The third-order valence-corrected chi connectivity index (χ3v) is 5.73. The SMILES string of the molecule is CC(C)OC(=O)NC1CCOC2[C@@H](C(=O)NC3=CC(F)=C(F)CC3)CC=C[C@]12C. The van der Waals surface area contributed by atoms with E-state index < -0.39 is 35.2 Å². The molecule has 0 saturated carbocycles. The molecule has 0 aromatic heterocycles. The van der Waals surface area contributed by atoms with Gasteiger partial charge in [-0.25, -0.2) is 13.6 Å². The average molecular weight is 410 g/mol. The first-order valence-corrected chi connectivity index (χ1v) is 10.0. The number of carbonyl (C=O) groups is 2. The monoisotopic (exact) mass is 410 g/mol. The lowest BCUT2D eigenvalue weighted by molar-refractivity contribution is -0.143. The Morgan fingerprint density at radius 1 is 1.31 bits per heavy atom. The summed E-state index contributed by atoms with van der Waals surface area (Å²) in [5.74, 6) is -2.54. The molecule has 0 aromatic rings. The molecule has 4 atom stereocenters. The van der Waals surface area contributed by atoms with Gasteiger partial charge in [0.1, 0.15) is 5.83 Å². The molecule has 0 aromatic carbocycles. The number of amides is 2. The highest BCUT2D eigenvalue weighted by molar-refractivity contribution is 5.82. The fourth-order valence-electron chi connectivity index (χ4n) is 4.23. The molecule has 1 fully saturated rings. The quantitative estimate of drug-likeness (QED) is 0.691. The van der Waals surface area contributed by atoms with Crippen LogP contribution in [0.25, 0.3) is 0 Å². The van der Waals surface area contributed by atoms with Crippen molar-refractivity contribution in [1.82, 2.24) is 10.6 Å². The number of alkyl carbamates (subject to hydrolysis) is 1. The van der Waals surface area contributed by atoms with Crippen molar-refractivity contribution in [3.63, 3.8) is 0 Å². The second-order valence-corrected chi connectivity index (χ2v) is 8.25. The van der Waals surface area contributed by atoms with Gasteiger partial charge in [0.25, 0.3) is 0 Å². The van der Waals surface area contributed by atoms with Gasteiger partial charge in [-0.05, 0) is 39.2 Å². The van der Waals surface area contributed by atoms with E-state index in [2.05, 4.69) is 10.6 Å². The second kappa shape index (κ2) is 8.65. The van der Waals surface area contributed by atoms with Crippen LogP contribution in [0.5, 0.6) is 0 Å². The number of allylic oxidation sites excluding steroid dienone is 5. The van der Waals surface area contributed by atoms with E-state index in [-0.39, 0.29) is 30.9 Å². The Hall–Kier alpha value is -2.22. The molecule has 1 saturated heterocycles. The lowest BCUT2D eigenvalue weighted by Crippen LogP contribution is -2.60. The molecule has 1 heterocycles. The third-order valence-electron chi connectivity index (χ3n) is 5.73. The number of hydrogen-bond donors (Lipinski definition) is 2. The summed E-state index contributed by atoms with van der Waals surface area (Å²) in [7, 11) is 0. The molecule has 2 unspecified atom stereocenters. The first kappa shape index (κ1) is 21.5. The minimum atomic E-state index is -0.943. The zero-order valence-electron chi connectivity index (χ0n) is 17.0. The highest BCUT2D eigenvalue weighted by Gasteiger charge is 2.51. The van der Waals surface area contributed by atoms with E-state index in [1.54, 1.807) is 13.8 Å². The summed E-state index contributed by atoms with van der Waals surface area (Å²) >= 11 is 0. The van der Waals surface area contributed by atoms with Crippen LogP contribution >= 0.6 is 0 Å².